The molecule has 2 atom stereocenters. The summed E-state index contributed by atoms with van der Waals surface area (Å²) in [4.78, 5) is 14.5. The van der Waals surface area contributed by atoms with Gasteiger partial charge >= 0.3 is 0 Å². The van der Waals surface area contributed by atoms with Crippen LogP contribution in [-0.4, -0.2) is 46.8 Å². The fourth-order valence-electron chi connectivity index (χ4n) is 3.46. The summed E-state index contributed by atoms with van der Waals surface area (Å²) in [7, 11) is 0. The first-order valence-corrected chi connectivity index (χ1v) is 8.24. The van der Waals surface area contributed by atoms with Crippen LogP contribution in [0.25, 0.3) is 0 Å². The Balaban J connectivity index is 2.14. The van der Waals surface area contributed by atoms with E-state index in [1.807, 2.05) is 31.2 Å². The van der Waals surface area contributed by atoms with Crippen LogP contribution >= 0.6 is 0 Å². The largest absolute Gasteiger partial charge is 0.396 e. The Labute approximate surface area is 132 Å². The van der Waals surface area contributed by atoms with Crippen LogP contribution in [0.15, 0.2) is 24.3 Å². The van der Waals surface area contributed by atoms with Gasteiger partial charge in [0.25, 0.3) is 5.91 Å². The first-order valence-electron chi connectivity index (χ1n) is 8.24. The molecule has 0 aliphatic carbocycles. The van der Waals surface area contributed by atoms with Crippen molar-refractivity contribution < 1.29 is 15.0 Å². The number of likely N-dealkylation sites (tertiary alicyclic amines) is 1. The fourth-order valence-corrected chi connectivity index (χ4v) is 3.46. The molecular formula is C18H27NO3. The van der Waals surface area contributed by atoms with Crippen molar-refractivity contribution >= 4 is 5.91 Å². The second kappa shape index (κ2) is 7.25. The van der Waals surface area contributed by atoms with Crippen molar-refractivity contribution in [3.05, 3.63) is 35.4 Å². The lowest BCUT2D eigenvalue weighted by atomic mass is 9.73. The number of β-amino-alcohol motifs (C(OH)–C–C–N with tert-alkyl or cyclic N) is 1. The number of aliphatic hydroxyl groups excluding tert-OH is 2. The number of piperidine rings is 1. The normalized spacial score (nSPS) is 25.3. The fraction of sp³-hybridized carbons (Fsp3) is 0.611. The van der Waals surface area contributed by atoms with E-state index in [1.54, 1.807) is 4.90 Å². The minimum absolute atomic E-state index is 0.0143. The zero-order valence-electron chi connectivity index (χ0n) is 13.6. The molecule has 1 saturated heterocycles. The van der Waals surface area contributed by atoms with Crippen LogP contribution in [0, 0.1) is 5.41 Å². The summed E-state index contributed by atoms with van der Waals surface area (Å²) in [6.45, 7) is 4.97. The molecule has 2 N–H and O–H groups in total. The molecule has 1 aliphatic rings. The summed E-state index contributed by atoms with van der Waals surface area (Å²) in [5, 5.41) is 20.2. The van der Waals surface area contributed by atoms with Gasteiger partial charge < -0.3 is 15.1 Å². The summed E-state index contributed by atoms with van der Waals surface area (Å²) in [5.41, 5.74) is 1.31. The average Bonchev–Trinajstić information content (AvgIpc) is 2.56. The molecule has 0 unspecified atom stereocenters. The van der Waals surface area contributed by atoms with E-state index in [2.05, 4.69) is 6.92 Å². The van der Waals surface area contributed by atoms with Gasteiger partial charge in [-0.2, -0.15) is 0 Å². The van der Waals surface area contributed by atoms with Crippen LogP contribution in [0.3, 0.4) is 0 Å². The Morgan fingerprint density at radius 1 is 1.36 bits per heavy atom. The SMILES string of the molecule is CCC[C@]1(CO)CCN(C(=O)c2ccccc2CC)C[C@H]1O. The predicted octanol–water partition coefficient (Wildman–Crippen LogP) is 2.23. The topological polar surface area (TPSA) is 60.8 Å². The summed E-state index contributed by atoms with van der Waals surface area (Å²) in [6, 6.07) is 7.65. The third-order valence-electron chi connectivity index (χ3n) is 4.96. The number of amides is 1. The first kappa shape index (κ1) is 17.0. The minimum Gasteiger partial charge on any atom is -0.396 e. The van der Waals surface area contributed by atoms with E-state index in [9.17, 15) is 15.0 Å². The minimum atomic E-state index is -0.663. The average molecular weight is 305 g/mol. The summed E-state index contributed by atoms with van der Waals surface area (Å²) in [6.07, 6.45) is 2.51. The second-order valence-corrected chi connectivity index (χ2v) is 6.30. The molecule has 1 heterocycles. The van der Waals surface area contributed by atoms with Gasteiger partial charge in [0.15, 0.2) is 0 Å². The van der Waals surface area contributed by atoms with Gasteiger partial charge in [0.1, 0.15) is 0 Å². The molecule has 1 aromatic rings. The number of carbonyl (C=O) groups excluding carboxylic acids is 1. The van der Waals surface area contributed by atoms with Gasteiger partial charge in [-0.1, -0.05) is 38.5 Å². The molecule has 2 rings (SSSR count). The maximum atomic E-state index is 12.7. The molecule has 1 fully saturated rings. The zero-order valence-corrected chi connectivity index (χ0v) is 13.6. The lowest BCUT2D eigenvalue weighted by molar-refractivity contribution is -0.0713. The monoisotopic (exact) mass is 305 g/mol. The molecule has 1 aliphatic heterocycles. The van der Waals surface area contributed by atoms with Crippen LogP contribution in [0.2, 0.25) is 0 Å². The van der Waals surface area contributed by atoms with E-state index in [4.69, 9.17) is 0 Å². The first-order chi connectivity index (χ1) is 10.6. The van der Waals surface area contributed by atoms with E-state index < -0.39 is 11.5 Å². The van der Waals surface area contributed by atoms with Crippen molar-refractivity contribution in [2.24, 2.45) is 5.41 Å². The lowest BCUT2D eigenvalue weighted by Crippen LogP contribution is -2.54. The van der Waals surface area contributed by atoms with Gasteiger partial charge in [-0.05, 0) is 30.9 Å². The van der Waals surface area contributed by atoms with Crippen molar-refractivity contribution in [3.63, 3.8) is 0 Å². The molecule has 0 saturated carbocycles. The van der Waals surface area contributed by atoms with Gasteiger partial charge in [-0.15, -0.1) is 0 Å². The Morgan fingerprint density at radius 2 is 2.09 bits per heavy atom. The highest BCUT2D eigenvalue weighted by Gasteiger charge is 2.42. The predicted molar refractivity (Wildman–Crippen MR) is 86.8 cm³/mol. The number of aryl methyl sites for hydroxylation is 1. The second-order valence-electron chi connectivity index (χ2n) is 6.30. The van der Waals surface area contributed by atoms with Crippen LogP contribution in [0.4, 0.5) is 0 Å². The molecule has 22 heavy (non-hydrogen) atoms. The molecular weight excluding hydrogens is 278 g/mol. The molecule has 0 aromatic heterocycles. The third-order valence-corrected chi connectivity index (χ3v) is 4.96. The molecule has 0 spiro atoms. The number of rotatable bonds is 5. The lowest BCUT2D eigenvalue weighted by Gasteiger charge is -2.44. The van der Waals surface area contributed by atoms with Crippen molar-refractivity contribution in [1.82, 2.24) is 4.90 Å². The van der Waals surface area contributed by atoms with E-state index >= 15 is 0 Å². The van der Waals surface area contributed by atoms with Crippen LogP contribution in [0.5, 0.6) is 0 Å². The van der Waals surface area contributed by atoms with Crippen molar-refractivity contribution in [2.75, 3.05) is 19.7 Å². The van der Waals surface area contributed by atoms with Crippen molar-refractivity contribution in [3.8, 4) is 0 Å². The van der Waals surface area contributed by atoms with E-state index in [-0.39, 0.29) is 12.5 Å². The van der Waals surface area contributed by atoms with Gasteiger partial charge in [-0.3, -0.25) is 4.79 Å². The maximum absolute atomic E-state index is 12.7. The Kier molecular flexibility index (Phi) is 5.59. The van der Waals surface area contributed by atoms with Gasteiger partial charge in [0, 0.05) is 24.1 Å². The highest BCUT2D eigenvalue weighted by molar-refractivity contribution is 5.95. The zero-order chi connectivity index (χ0) is 16.2. The molecule has 4 nitrogen and oxygen atoms in total. The number of hydrogen-bond acceptors (Lipinski definition) is 3. The van der Waals surface area contributed by atoms with Crippen LogP contribution in [-0.2, 0) is 6.42 Å². The highest BCUT2D eigenvalue weighted by atomic mass is 16.3. The number of hydrogen-bond donors (Lipinski definition) is 2. The van der Waals surface area contributed by atoms with E-state index in [0.717, 1.165) is 30.4 Å². The molecule has 1 aromatic carbocycles. The number of aliphatic hydroxyl groups is 2. The Hall–Kier alpha value is -1.39. The van der Waals surface area contributed by atoms with Crippen LogP contribution < -0.4 is 0 Å². The van der Waals surface area contributed by atoms with Crippen molar-refractivity contribution in [1.29, 1.82) is 0 Å². The number of benzene rings is 1. The smallest absolute Gasteiger partial charge is 0.254 e. The quantitative estimate of drug-likeness (QED) is 0.877. The van der Waals surface area contributed by atoms with E-state index in [1.165, 1.54) is 0 Å². The molecule has 1 amide bonds. The van der Waals surface area contributed by atoms with Gasteiger partial charge in [-0.25, -0.2) is 0 Å². The highest BCUT2D eigenvalue weighted by Crippen LogP contribution is 2.36. The molecule has 4 heteroatoms. The standard InChI is InChI=1S/C18H27NO3/c1-3-9-18(13-20)10-11-19(12-16(18)21)17(22)15-8-6-5-7-14(15)4-2/h5-8,16,20-21H,3-4,9-13H2,1-2H3/t16-,18-/m1/s1. The van der Waals surface area contributed by atoms with Gasteiger partial charge in [0.05, 0.1) is 12.7 Å². The maximum Gasteiger partial charge on any atom is 0.254 e. The summed E-state index contributed by atoms with van der Waals surface area (Å²) < 4.78 is 0. The summed E-state index contributed by atoms with van der Waals surface area (Å²) in [5.74, 6) is -0.0143. The van der Waals surface area contributed by atoms with Gasteiger partial charge in [0.2, 0.25) is 0 Å². The third kappa shape index (κ3) is 3.18. The molecule has 122 valence electrons. The van der Waals surface area contributed by atoms with Crippen LogP contribution in [0.1, 0.15) is 49.0 Å². The number of carbonyl (C=O) groups is 1. The summed E-state index contributed by atoms with van der Waals surface area (Å²) >= 11 is 0. The van der Waals surface area contributed by atoms with Crippen molar-refractivity contribution in [2.45, 2.75) is 45.6 Å². The Bertz CT molecular complexity index is 517. The molecule has 0 bridgehead atoms. The number of nitrogens with zero attached hydrogens (tertiary/aromatic N) is 1. The Morgan fingerprint density at radius 3 is 2.68 bits per heavy atom. The molecule has 0 radical (unpaired) electrons. The van der Waals surface area contributed by atoms with E-state index in [0.29, 0.717) is 19.5 Å².